The van der Waals surface area contributed by atoms with Crippen LogP contribution in [0.1, 0.15) is 30.0 Å². The van der Waals surface area contributed by atoms with Crippen LogP contribution in [0.5, 0.6) is 5.75 Å². The molecule has 0 spiro atoms. The van der Waals surface area contributed by atoms with Gasteiger partial charge < -0.3 is 10.1 Å². The quantitative estimate of drug-likeness (QED) is 0.839. The second-order valence-electron chi connectivity index (χ2n) is 6.50. The summed E-state index contributed by atoms with van der Waals surface area (Å²) in [5.41, 5.74) is 1.83. The number of hydrogen-bond acceptors (Lipinski definition) is 3. The number of nitrogens with one attached hydrogen (secondary N) is 1. The minimum absolute atomic E-state index is 0.0421. The molecular weight excluding hydrogens is 319 g/mol. The van der Waals surface area contributed by atoms with Crippen LogP contribution in [0.15, 0.2) is 48.5 Å². The van der Waals surface area contributed by atoms with Crippen LogP contribution in [-0.2, 0) is 11.3 Å². The molecular formula is C20H23FN2O2. The third kappa shape index (κ3) is 4.57. The van der Waals surface area contributed by atoms with Gasteiger partial charge in [0.25, 0.3) is 0 Å². The molecule has 0 heterocycles. The van der Waals surface area contributed by atoms with E-state index in [1.54, 1.807) is 19.2 Å². The number of ether oxygens (including phenoxy) is 1. The van der Waals surface area contributed by atoms with Crippen LogP contribution in [0.4, 0.5) is 4.39 Å². The summed E-state index contributed by atoms with van der Waals surface area (Å²) >= 11 is 0. The average molecular weight is 342 g/mol. The maximum Gasteiger partial charge on any atom is 0.242 e. The topological polar surface area (TPSA) is 41.6 Å². The first-order chi connectivity index (χ1) is 12.1. The fourth-order valence-corrected chi connectivity index (χ4v) is 2.91. The molecule has 1 aliphatic rings. The van der Waals surface area contributed by atoms with Crippen LogP contribution in [-0.4, -0.2) is 31.0 Å². The van der Waals surface area contributed by atoms with Gasteiger partial charge in [-0.25, -0.2) is 4.39 Å². The lowest BCUT2D eigenvalue weighted by molar-refractivity contribution is -0.126. The van der Waals surface area contributed by atoms with E-state index in [-0.39, 0.29) is 17.8 Å². The van der Waals surface area contributed by atoms with E-state index < -0.39 is 6.04 Å². The van der Waals surface area contributed by atoms with Crippen LogP contribution in [0, 0.1) is 5.82 Å². The summed E-state index contributed by atoms with van der Waals surface area (Å²) in [7, 11) is 3.53. The monoisotopic (exact) mass is 342 g/mol. The molecule has 0 bridgehead atoms. The molecule has 1 fully saturated rings. The highest BCUT2D eigenvalue weighted by molar-refractivity contribution is 5.83. The zero-order valence-corrected chi connectivity index (χ0v) is 14.5. The van der Waals surface area contributed by atoms with Crippen molar-refractivity contribution in [2.75, 3.05) is 14.2 Å². The number of benzene rings is 2. The van der Waals surface area contributed by atoms with Crippen LogP contribution in [0.2, 0.25) is 0 Å². The number of amides is 1. The van der Waals surface area contributed by atoms with E-state index in [0.29, 0.717) is 6.54 Å². The average Bonchev–Trinajstić information content (AvgIpc) is 3.41. The van der Waals surface area contributed by atoms with Gasteiger partial charge in [0.1, 0.15) is 17.6 Å². The van der Waals surface area contributed by atoms with Gasteiger partial charge in [0.15, 0.2) is 0 Å². The van der Waals surface area contributed by atoms with E-state index in [1.165, 1.54) is 12.1 Å². The summed E-state index contributed by atoms with van der Waals surface area (Å²) in [6.07, 6.45) is 2.06. The second-order valence-corrected chi connectivity index (χ2v) is 6.50. The SMILES string of the molecule is COc1cccc(CN(C)[C@@H](C(=O)NC2CC2)c2ccc(F)cc2)c1. The Morgan fingerprint density at radius 2 is 2.00 bits per heavy atom. The minimum Gasteiger partial charge on any atom is -0.497 e. The van der Waals surface area contributed by atoms with Gasteiger partial charge in [0, 0.05) is 12.6 Å². The van der Waals surface area contributed by atoms with Crippen LogP contribution in [0.3, 0.4) is 0 Å². The maximum atomic E-state index is 13.3. The molecule has 3 rings (SSSR count). The van der Waals surface area contributed by atoms with Gasteiger partial charge in [-0.2, -0.15) is 0 Å². The molecule has 0 saturated heterocycles. The molecule has 0 aliphatic heterocycles. The molecule has 0 unspecified atom stereocenters. The molecule has 0 aromatic heterocycles. The largest absolute Gasteiger partial charge is 0.497 e. The molecule has 2 aromatic rings. The Morgan fingerprint density at radius 3 is 2.64 bits per heavy atom. The molecule has 1 atom stereocenters. The predicted molar refractivity (Wildman–Crippen MR) is 94.8 cm³/mol. The molecule has 4 nitrogen and oxygen atoms in total. The van der Waals surface area contributed by atoms with Crippen molar-refractivity contribution in [3.05, 3.63) is 65.5 Å². The standard InChI is InChI=1S/C20H23FN2O2/c1-23(13-14-4-3-5-18(12-14)25-2)19(20(24)22-17-10-11-17)15-6-8-16(21)9-7-15/h3-9,12,17,19H,10-11,13H2,1-2H3,(H,22,24)/t19-/m1/s1. The Kier molecular flexibility index (Phi) is 5.34. The fourth-order valence-electron chi connectivity index (χ4n) is 2.91. The highest BCUT2D eigenvalue weighted by Gasteiger charge is 2.30. The smallest absolute Gasteiger partial charge is 0.242 e. The fraction of sp³-hybridized carbons (Fsp3) is 0.350. The first-order valence-corrected chi connectivity index (χ1v) is 8.46. The molecule has 1 aliphatic carbocycles. The summed E-state index contributed by atoms with van der Waals surface area (Å²) < 4.78 is 18.5. The normalized spacial score (nSPS) is 15.0. The zero-order chi connectivity index (χ0) is 17.8. The summed E-state index contributed by atoms with van der Waals surface area (Å²) in [6.45, 7) is 0.581. The summed E-state index contributed by atoms with van der Waals surface area (Å²) in [5.74, 6) is 0.437. The van der Waals surface area contributed by atoms with Crippen LogP contribution < -0.4 is 10.1 Å². The van der Waals surface area contributed by atoms with E-state index in [9.17, 15) is 9.18 Å². The van der Waals surface area contributed by atoms with Gasteiger partial charge in [0.05, 0.1) is 7.11 Å². The molecule has 25 heavy (non-hydrogen) atoms. The van der Waals surface area contributed by atoms with Crippen molar-refractivity contribution in [1.29, 1.82) is 0 Å². The molecule has 132 valence electrons. The lowest BCUT2D eigenvalue weighted by Crippen LogP contribution is -2.39. The summed E-state index contributed by atoms with van der Waals surface area (Å²) in [6, 6.07) is 13.7. The number of halogens is 1. The van der Waals surface area contributed by atoms with Crippen molar-refractivity contribution in [3.8, 4) is 5.75 Å². The van der Waals surface area contributed by atoms with Gasteiger partial charge in [-0.05, 0) is 55.3 Å². The molecule has 5 heteroatoms. The highest BCUT2D eigenvalue weighted by Crippen LogP contribution is 2.26. The molecule has 0 radical (unpaired) electrons. The molecule has 1 amide bonds. The van der Waals surface area contributed by atoms with Crippen molar-refractivity contribution in [1.82, 2.24) is 10.2 Å². The van der Waals surface area contributed by atoms with Crippen molar-refractivity contribution in [3.63, 3.8) is 0 Å². The lowest BCUT2D eigenvalue weighted by Gasteiger charge is -2.28. The number of carbonyl (C=O) groups excluding carboxylic acids is 1. The van der Waals surface area contributed by atoms with E-state index in [4.69, 9.17) is 4.74 Å². The Labute approximate surface area is 147 Å². The zero-order valence-electron chi connectivity index (χ0n) is 14.5. The van der Waals surface area contributed by atoms with Crippen molar-refractivity contribution in [2.45, 2.75) is 31.5 Å². The number of methoxy groups -OCH3 is 1. The number of rotatable bonds is 7. The predicted octanol–water partition coefficient (Wildman–Crippen LogP) is 3.29. The van der Waals surface area contributed by atoms with Crippen molar-refractivity contribution < 1.29 is 13.9 Å². The van der Waals surface area contributed by atoms with Gasteiger partial charge in [-0.1, -0.05) is 24.3 Å². The van der Waals surface area contributed by atoms with Gasteiger partial charge >= 0.3 is 0 Å². The third-order valence-corrected chi connectivity index (χ3v) is 4.36. The Bertz CT molecular complexity index is 729. The number of likely N-dealkylation sites (N-methyl/N-ethyl adjacent to an activating group) is 1. The minimum atomic E-state index is -0.465. The molecule has 1 saturated carbocycles. The van der Waals surface area contributed by atoms with E-state index >= 15 is 0 Å². The van der Waals surface area contributed by atoms with Crippen LogP contribution >= 0.6 is 0 Å². The Morgan fingerprint density at radius 1 is 1.28 bits per heavy atom. The van der Waals surface area contributed by atoms with Crippen molar-refractivity contribution >= 4 is 5.91 Å². The molecule has 2 aromatic carbocycles. The Balaban J connectivity index is 1.81. The van der Waals surface area contributed by atoms with E-state index in [1.807, 2.05) is 36.2 Å². The number of nitrogens with zero attached hydrogens (tertiary/aromatic N) is 1. The first-order valence-electron chi connectivity index (χ1n) is 8.46. The lowest BCUT2D eigenvalue weighted by atomic mass is 10.0. The van der Waals surface area contributed by atoms with Gasteiger partial charge in [-0.15, -0.1) is 0 Å². The van der Waals surface area contributed by atoms with Gasteiger partial charge in [0.2, 0.25) is 5.91 Å². The van der Waals surface area contributed by atoms with Crippen molar-refractivity contribution in [2.24, 2.45) is 0 Å². The first kappa shape index (κ1) is 17.4. The summed E-state index contributed by atoms with van der Waals surface area (Å²) in [5, 5.41) is 3.06. The number of hydrogen-bond donors (Lipinski definition) is 1. The van der Waals surface area contributed by atoms with Crippen LogP contribution in [0.25, 0.3) is 0 Å². The summed E-state index contributed by atoms with van der Waals surface area (Å²) in [4.78, 5) is 14.7. The Hall–Kier alpha value is -2.40. The highest BCUT2D eigenvalue weighted by atomic mass is 19.1. The van der Waals surface area contributed by atoms with E-state index in [0.717, 1.165) is 29.7 Å². The maximum absolute atomic E-state index is 13.3. The number of carbonyl (C=O) groups is 1. The van der Waals surface area contributed by atoms with E-state index in [2.05, 4.69) is 5.32 Å². The second kappa shape index (κ2) is 7.66. The third-order valence-electron chi connectivity index (χ3n) is 4.36. The van der Waals surface area contributed by atoms with Gasteiger partial charge in [-0.3, -0.25) is 9.69 Å². The molecule has 1 N–H and O–H groups in total.